The van der Waals surface area contributed by atoms with Crippen LogP contribution in [0.3, 0.4) is 0 Å². The van der Waals surface area contributed by atoms with E-state index in [2.05, 4.69) is 22.4 Å². The van der Waals surface area contributed by atoms with Gasteiger partial charge in [-0.1, -0.05) is 13.8 Å². The first-order valence-electron chi connectivity index (χ1n) is 5.35. The molecule has 0 fully saturated rings. The molecule has 0 aliphatic rings. The van der Waals surface area contributed by atoms with Gasteiger partial charge >= 0.3 is 0 Å². The standard InChI is InChI=1S/C13H15NO2S/c1-9(2)12(14-8-17)13(15)10-4-6-11(16-3)7-5-10/h4-7,9,12H,1-3H3. The van der Waals surface area contributed by atoms with Crippen molar-refractivity contribution in [3.05, 3.63) is 29.8 Å². The monoisotopic (exact) mass is 249 g/mol. The van der Waals surface area contributed by atoms with Gasteiger partial charge in [-0.15, -0.1) is 0 Å². The van der Waals surface area contributed by atoms with Crippen molar-refractivity contribution in [2.45, 2.75) is 19.9 Å². The van der Waals surface area contributed by atoms with Gasteiger partial charge in [-0.05, 0) is 42.4 Å². The molecule has 0 aliphatic carbocycles. The smallest absolute Gasteiger partial charge is 0.188 e. The number of rotatable bonds is 5. The second-order valence-electron chi connectivity index (χ2n) is 4.00. The van der Waals surface area contributed by atoms with Gasteiger partial charge in [-0.2, -0.15) is 0 Å². The van der Waals surface area contributed by atoms with E-state index < -0.39 is 6.04 Å². The second-order valence-corrected chi connectivity index (χ2v) is 4.18. The quantitative estimate of drug-likeness (QED) is 0.457. The fourth-order valence-corrected chi connectivity index (χ4v) is 1.61. The maximum atomic E-state index is 12.2. The van der Waals surface area contributed by atoms with Crippen LogP contribution in [0.15, 0.2) is 29.3 Å². The van der Waals surface area contributed by atoms with Crippen LogP contribution in [-0.4, -0.2) is 24.1 Å². The Bertz CT molecular complexity index is 433. The molecule has 0 radical (unpaired) electrons. The summed E-state index contributed by atoms with van der Waals surface area (Å²) in [4.78, 5) is 16.1. The first kappa shape index (κ1) is 13.6. The Labute approximate surface area is 107 Å². The van der Waals surface area contributed by atoms with Crippen molar-refractivity contribution in [3.8, 4) is 5.75 Å². The van der Waals surface area contributed by atoms with Gasteiger partial charge < -0.3 is 4.74 Å². The largest absolute Gasteiger partial charge is 0.497 e. The number of carbonyl (C=O) groups excluding carboxylic acids is 1. The van der Waals surface area contributed by atoms with E-state index in [0.29, 0.717) is 5.56 Å². The summed E-state index contributed by atoms with van der Waals surface area (Å²) in [5.41, 5.74) is 0.610. The summed E-state index contributed by atoms with van der Waals surface area (Å²) in [6.45, 7) is 3.87. The van der Waals surface area contributed by atoms with Crippen LogP contribution < -0.4 is 4.74 Å². The van der Waals surface area contributed by atoms with E-state index in [1.807, 2.05) is 13.8 Å². The van der Waals surface area contributed by atoms with Crippen LogP contribution in [0.5, 0.6) is 5.75 Å². The van der Waals surface area contributed by atoms with Crippen LogP contribution in [0, 0.1) is 5.92 Å². The van der Waals surface area contributed by atoms with Crippen molar-refractivity contribution in [2.24, 2.45) is 10.9 Å². The Balaban J connectivity index is 2.97. The van der Waals surface area contributed by atoms with Gasteiger partial charge in [0, 0.05) is 5.56 Å². The van der Waals surface area contributed by atoms with E-state index in [-0.39, 0.29) is 11.7 Å². The highest BCUT2D eigenvalue weighted by Crippen LogP contribution is 2.17. The number of nitrogens with zero attached hydrogens (tertiary/aromatic N) is 1. The summed E-state index contributed by atoms with van der Waals surface area (Å²) in [7, 11) is 1.59. The molecule has 0 spiro atoms. The summed E-state index contributed by atoms with van der Waals surface area (Å²) in [6, 6.07) is 6.52. The Morgan fingerprint density at radius 1 is 1.35 bits per heavy atom. The molecule has 3 nitrogen and oxygen atoms in total. The number of hydrogen-bond acceptors (Lipinski definition) is 4. The van der Waals surface area contributed by atoms with Crippen molar-refractivity contribution >= 4 is 23.2 Å². The Morgan fingerprint density at radius 3 is 2.35 bits per heavy atom. The van der Waals surface area contributed by atoms with E-state index in [4.69, 9.17) is 4.74 Å². The van der Waals surface area contributed by atoms with Crippen molar-refractivity contribution in [2.75, 3.05) is 7.11 Å². The van der Waals surface area contributed by atoms with E-state index in [9.17, 15) is 4.79 Å². The molecule has 0 N–H and O–H groups in total. The lowest BCUT2D eigenvalue weighted by Gasteiger charge is -2.13. The lowest BCUT2D eigenvalue weighted by Crippen LogP contribution is -2.24. The predicted octanol–water partition coefficient (Wildman–Crippen LogP) is 3.01. The van der Waals surface area contributed by atoms with Crippen molar-refractivity contribution in [1.82, 2.24) is 0 Å². The molecule has 0 aromatic heterocycles. The second kappa shape index (κ2) is 6.28. The van der Waals surface area contributed by atoms with Crippen LogP contribution in [0.25, 0.3) is 0 Å². The van der Waals surface area contributed by atoms with Crippen molar-refractivity contribution in [1.29, 1.82) is 0 Å². The molecular formula is C13H15NO2S. The summed E-state index contributed by atoms with van der Waals surface area (Å²) in [6.07, 6.45) is 0. The van der Waals surface area contributed by atoms with E-state index in [0.717, 1.165) is 5.75 Å². The molecule has 4 heteroatoms. The van der Waals surface area contributed by atoms with Crippen LogP contribution in [0.4, 0.5) is 0 Å². The highest BCUT2D eigenvalue weighted by atomic mass is 32.1. The maximum absolute atomic E-state index is 12.2. The Morgan fingerprint density at radius 2 is 1.94 bits per heavy atom. The number of hydrogen-bond donors (Lipinski definition) is 0. The van der Waals surface area contributed by atoms with Crippen LogP contribution in [-0.2, 0) is 0 Å². The molecule has 1 aromatic carbocycles. The number of ether oxygens (including phenoxy) is 1. The third-order valence-corrected chi connectivity index (χ3v) is 2.57. The van der Waals surface area contributed by atoms with E-state index in [1.54, 1.807) is 31.4 Å². The molecule has 0 saturated heterocycles. The van der Waals surface area contributed by atoms with Crippen LogP contribution in [0.2, 0.25) is 0 Å². The molecule has 0 aliphatic heterocycles. The topological polar surface area (TPSA) is 38.7 Å². The van der Waals surface area contributed by atoms with Gasteiger partial charge in [0.15, 0.2) is 5.78 Å². The minimum Gasteiger partial charge on any atom is -0.497 e. The summed E-state index contributed by atoms with van der Waals surface area (Å²) in [5.74, 6) is 0.779. The normalized spacial score (nSPS) is 11.8. The first-order chi connectivity index (χ1) is 8.10. The minimum atomic E-state index is -0.458. The molecule has 0 bridgehead atoms. The number of thiocarbonyl (C=S) groups is 1. The highest BCUT2D eigenvalue weighted by molar-refractivity contribution is 7.78. The molecule has 17 heavy (non-hydrogen) atoms. The fraction of sp³-hybridized carbons (Fsp3) is 0.385. The van der Waals surface area contributed by atoms with Gasteiger partial charge in [-0.3, -0.25) is 4.79 Å². The van der Waals surface area contributed by atoms with Gasteiger partial charge in [0.25, 0.3) is 0 Å². The third-order valence-electron chi connectivity index (χ3n) is 2.47. The highest BCUT2D eigenvalue weighted by Gasteiger charge is 2.22. The number of isothiocyanates is 1. The first-order valence-corrected chi connectivity index (χ1v) is 5.76. The fourth-order valence-electron chi connectivity index (χ4n) is 1.49. The number of benzene rings is 1. The molecule has 1 aromatic rings. The summed E-state index contributed by atoms with van der Waals surface area (Å²) < 4.78 is 5.04. The molecule has 1 rings (SSSR count). The van der Waals surface area contributed by atoms with Crippen LogP contribution in [0.1, 0.15) is 24.2 Å². The lowest BCUT2D eigenvalue weighted by atomic mass is 9.95. The number of aliphatic imine (C=N–C) groups is 1. The zero-order valence-corrected chi connectivity index (χ0v) is 11.0. The number of Topliss-reactive ketones (excluding diaryl/α,β-unsaturated/α-hetero) is 1. The van der Waals surface area contributed by atoms with Gasteiger partial charge in [0.1, 0.15) is 11.8 Å². The maximum Gasteiger partial charge on any atom is 0.188 e. The van der Waals surface area contributed by atoms with Gasteiger partial charge in [0.05, 0.1) is 12.3 Å². The van der Waals surface area contributed by atoms with Crippen molar-refractivity contribution in [3.63, 3.8) is 0 Å². The zero-order chi connectivity index (χ0) is 12.8. The molecule has 1 atom stereocenters. The number of ketones is 1. The minimum absolute atomic E-state index is 0.0417. The summed E-state index contributed by atoms with van der Waals surface area (Å²) in [5, 5.41) is 2.29. The average Bonchev–Trinajstić information content (AvgIpc) is 2.35. The number of methoxy groups -OCH3 is 1. The molecule has 0 amide bonds. The molecule has 0 heterocycles. The average molecular weight is 249 g/mol. The molecule has 90 valence electrons. The Kier molecular flexibility index (Phi) is 5.01. The van der Waals surface area contributed by atoms with Gasteiger partial charge in [-0.25, -0.2) is 4.99 Å². The molecular weight excluding hydrogens is 234 g/mol. The Hall–Kier alpha value is -1.51. The zero-order valence-electron chi connectivity index (χ0n) is 10.1. The van der Waals surface area contributed by atoms with E-state index >= 15 is 0 Å². The molecule has 0 saturated carbocycles. The lowest BCUT2D eigenvalue weighted by molar-refractivity contribution is 0.0942. The summed E-state index contributed by atoms with van der Waals surface area (Å²) >= 11 is 4.57. The third kappa shape index (κ3) is 3.48. The SMILES string of the molecule is COc1ccc(C(=O)C(N=C=S)C(C)C)cc1. The number of carbonyl (C=O) groups is 1. The van der Waals surface area contributed by atoms with E-state index in [1.165, 1.54) is 0 Å². The predicted molar refractivity (Wildman–Crippen MR) is 71.0 cm³/mol. The van der Waals surface area contributed by atoms with Crippen molar-refractivity contribution < 1.29 is 9.53 Å². The van der Waals surface area contributed by atoms with Crippen LogP contribution >= 0.6 is 12.2 Å². The molecule has 1 unspecified atom stereocenters. The van der Waals surface area contributed by atoms with Gasteiger partial charge in [0.2, 0.25) is 0 Å².